The normalized spacial score (nSPS) is 15.6. The third-order valence-electron chi connectivity index (χ3n) is 4.17. The fraction of sp³-hybridized carbons (Fsp3) is 0.250. The van der Waals surface area contributed by atoms with Gasteiger partial charge in [0.1, 0.15) is 11.6 Å². The predicted molar refractivity (Wildman–Crippen MR) is 105 cm³/mol. The van der Waals surface area contributed by atoms with Gasteiger partial charge in [0.25, 0.3) is 5.91 Å². The minimum absolute atomic E-state index is 0.0806. The summed E-state index contributed by atoms with van der Waals surface area (Å²) in [5.41, 5.74) is 1.67. The number of likely N-dealkylation sites (N-methyl/N-ethyl adjacent to an activating group) is 1. The molecule has 1 aliphatic heterocycles. The molecular weight excluding hydrogens is 350 g/mol. The molecule has 1 atom stereocenters. The largest absolute Gasteiger partial charge is 0.379 e. The average molecular weight is 372 g/mol. The number of anilines is 3. The van der Waals surface area contributed by atoms with E-state index in [1.807, 2.05) is 25.9 Å². The third kappa shape index (κ3) is 4.25. The molecule has 0 fully saturated rings. The topological polar surface area (TPSA) is 56.4 Å². The molecule has 7 heteroatoms. The molecule has 1 aliphatic rings. The smallest absolute Gasteiger partial charge is 0.257 e. The van der Waals surface area contributed by atoms with Crippen LogP contribution in [0.3, 0.4) is 0 Å². The molecule has 0 aromatic heterocycles. The Hall–Kier alpha value is -2.93. The first-order valence-corrected chi connectivity index (χ1v) is 8.63. The second-order valence-corrected chi connectivity index (χ2v) is 6.82. The standard InChI is InChI=1S/C20H22F2N4O/c1-12(11-26(2)3)24-17-8-7-13(9-16(17)22)23-10-14-19-15(21)5-4-6-18(19)25-20(14)27/h4-10,12,23-24H,11H2,1-3H3,(H,25,27)/b14-10+. The highest BCUT2D eigenvalue weighted by atomic mass is 19.1. The van der Waals surface area contributed by atoms with Crippen molar-refractivity contribution in [3.05, 3.63) is 59.8 Å². The second-order valence-electron chi connectivity index (χ2n) is 6.82. The second kappa shape index (κ2) is 7.75. The number of benzene rings is 2. The monoisotopic (exact) mass is 372 g/mol. The number of carbonyl (C=O) groups excluding carboxylic acids is 1. The van der Waals surface area contributed by atoms with Crippen LogP contribution in [0.4, 0.5) is 25.8 Å². The summed E-state index contributed by atoms with van der Waals surface area (Å²) in [4.78, 5) is 14.1. The van der Waals surface area contributed by atoms with Gasteiger partial charge in [-0.2, -0.15) is 0 Å². The van der Waals surface area contributed by atoms with E-state index in [-0.39, 0.29) is 17.2 Å². The van der Waals surface area contributed by atoms with Crippen molar-refractivity contribution in [2.24, 2.45) is 0 Å². The van der Waals surface area contributed by atoms with Crippen LogP contribution >= 0.6 is 0 Å². The van der Waals surface area contributed by atoms with Gasteiger partial charge in [-0.1, -0.05) is 6.07 Å². The summed E-state index contributed by atoms with van der Waals surface area (Å²) >= 11 is 0. The van der Waals surface area contributed by atoms with Gasteiger partial charge in [0, 0.05) is 30.0 Å². The Balaban J connectivity index is 1.75. The Kier molecular flexibility index (Phi) is 5.41. The van der Waals surface area contributed by atoms with E-state index >= 15 is 0 Å². The molecule has 2 aromatic carbocycles. The first kappa shape index (κ1) is 18.8. The van der Waals surface area contributed by atoms with Crippen molar-refractivity contribution in [2.45, 2.75) is 13.0 Å². The molecule has 1 unspecified atom stereocenters. The third-order valence-corrected chi connectivity index (χ3v) is 4.17. The number of carbonyl (C=O) groups is 1. The van der Waals surface area contributed by atoms with Crippen LogP contribution in [-0.4, -0.2) is 37.5 Å². The summed E-state index contributed by atoms with van der Waals surface area (Å²) in [6.45, 7) is 2.74. The van der Waals surface area contributed by atoms with Crippen molar-refractivity contribution in [2.75, 3.05) is 36.6 Å². The zero-order valence-corrected chi connectivity index (χ0v) is 15.4. The van der Waals surface area contributed by atoms with Crippen molar-refractivity contribution < 1.29 is 13.6 Å². The zero-order chi connectivity index (χ0) is 19.6. The number of amides is 1. The lowest BCUT2D eigenvalue weighted by Crippen LogP contribution is -2.29. The predicted octanol–water partition coefficient (Wildman–Crippen LogP) is 3.73. The molecule has 5 nitrogen and oxygen atoms in total. The van der Waals surface area contributed by atoms with Crippen molar-refractivity contribution in [1.29, 1.82) is 0 Å². The molecule has 0 bridgehead atoms. The molecule has 1 amide bonds. The Morgan fingerprint density at radius 3 is 2.67 bits per heavy atom. The van der Waals surface area contributed by atoms with E-state index in [2.05, 4.69) is 16.0 Å². The molecule has 0 aliphatic carbocycles. The molecule has 142 valence electrons. The Morgan fingerprint density at radius 2 is 1.96 bits per heavy atom. The lowest BCUT2D eigenvalue weighted by molar-refractivity contribution is -0.110. The van der Waals surface area contributed by atoms with E-state index in [0.29, 0.717) is 17.1 Å². The Bertz CT molecular complexity index is 896. The van der Waals surface area contributed by atoms with Gasteiger partial charge < -0.3 is 20.9 Å². The van der Waals surface area contributed by atoms with Gasteiger partial charge in [0.05, 0.1) is 16.9 Å². The maximum absolute atomic E-state index is 14.4. The molecular formula is C20H22F2N4O. The number of nitrogens with zero attached hydrogens (tertiary/aromatic N) is 1. The molecule has 0 saturated carbocycles. The number of rotatable bonds is 6. The summed E-state index contributed by atoms with van der Waals surface area (Å²) in [6.07, 6.45) is 1.39. The molecule has 0 spiro atoms. The quantitative estimate of drug-likeness (QED) is 0.677. The van der Waals surface area contributed by atoms with Crippen LogP contribution in [0.2, 0.25) is 0 Å². The average Bonchev–Trinajstić information content (AvgIpc) is 2.91. The van der Waals surface area contributed by atoms with Gasteiger partial charge in [0.15, 0.2) is 0 Å². The summed E-state index contributed by atoms with van der Waals surface area (Å²) in [5.74, 6) is -1.30. The van der Waals surface area contributed by atoms with Crippen molar-refractivity contribution in [1.82, 2.24) is 4.90 Å². The first-order valence-electron chi connectivity index (χ1n) is 8.63. The van der Waals surface area contributed by atoms with Gasteiger partial charge in [-0.15, -0.1) is 0 Å². The van der Waals surface area contributed by atoms with Crippen molar-refractivity contribution in [3.63, 3.8) is 0 Å². The maximum Gasteiger partial charge on any atom is 0.257 e. The van der Waals surface area contributed by atoms with Crippen LogP contribution in [0, 0.1) is 11.6 Å². The van der Waals surface area contributed by atoms with Crippen molar-refractivity contribution >= 4 is 28.5 Å². The number of fused-ring (bicyclic) bond motifs is 1. The van der Waals surface area contributed by atoms with E-state index in [1.165, 1.54) is 24.4 Å². The Morgan fingerprint density at radius 1 is 1.19 bits per heavy atom. The summed E-state index contributed by atoms with van der Waals surface area (Å²) in [6, 6.07) is 9.19. The molecule has 27 heavy (non-hydrogen) atoms. The fourth-order valence-electron chi connectivity index (χ4n) is 3.08. The molecule has 0 radical (unpaired) electrons. The number of hydrogen-bond donors (Lipinski definition) is 3. The molecule has 3 rings (SSSR count). The molecule has 1 heterocycles. The van der Waals surface area contributed by atoms with Crippen LogP contribution in [-0.2, 0) is 4.79 Å². The fourth-order valence-corrected chi connectivity index (χ4v) is 3.08. The van der Waals surface area contributed by atoms with Crippen LogP contribution in [0.15, 0.2) is 42.6 Å². The SMILES string of the molecule is CC(CN(C)C)Nc1ccc(N/C=C2/C(=O)Nc3cccc(F)c32)cc1F. The highest BCUT2D eigenvalue weighted by molar-refractivity contribution is 6.31. The van der Waals surface area contributed by atoms with E-state index in [1.54, 1.807) is 18.2 Å². The summed E-state index contributed by atoms with van der Waals surface area (Å²) in [5, 5.41) is 8.60. The summed E-state index contributed by atoms with van der Waals surface area (Å²) < 4.78 is 28.4. The lowest BCUT2D eigenvalue weighted by atomic mass is 10.1. The summed E-state index contributed by atoms with van der Waals surface area (Å²) in [7, 11) is 3.91. The highest BCUT2D eigenvalue weighted by Gasteiger charge is 2.27. The van der Waals surface area contributed by atoms with Gasteiger partial charge in [-0.05, 0) is 51.4 Å². The number of halogens is 2. The van der Waals surface area contributed by atoms with Gasteiger partial charge >= 0.3 is 0 Å². The molecule has 0 saturated heterocycles. The Labute approximate surface area is 157 Å². The van der Waals surface area contributed by atoms with Gasteiger partial charge in [-0.3, -0.25) is 4.79 Å². The van der Waals surface area contributed by atoms with Crippen LogP contribution in [0.5, 0.6) is 0 Å². The number of hydrogen-bond acceptors (Lipinski definition) is 4. The van der Waals surface area contributed by atoms with E-state index in [4.69, 9.17) is 0 Å². The van der Waals surface area contributed by atoms with Crippen LogP contribution in [0.25, 0.3) is 5.57 Å². The van der Waals surface area contributed by atoms with Crippen LogP contribution < -0.4 is 16.0 Å². The number of nitrogens with one attached hydrogen (secondary N) is 3. The van der Waals surface area contributed by atoms with Crippen molar-refractivity contribution in [3.8, 4) is 0 Å². The van der Waals surface area contributed by atoms with Gasteiger partial charge in [0.2, 0.25) is 0 Å². The minimum atomic E-state index is -0.487. The van der Waals surface area contributed by atoms with Gasteiger partial charge in [-0.25, -0.2) is 8.78 Å². The van der Waals surface area contributed by atoms with E-state index in [9.17, 15) is 13.6 Å². The zero-order valence-electron chi connectivity index (χ0n) is 15.4. The molecule has 3 N–H and O–H groups in total. The van der Waals surface area contributed by atoms with E-state index in [0.717, 1.165) is 6.54 Å². The first-order chi connectivity index (χ1) is 12.8. The minimum Gasteiger partial charge on any atom is -0.379 e. The van der Waals surface area contributed by atoms with Crippen LogP contribution in [0.1, 0.15) is 12.5 Å². The highest BCUT2D eigenvalue weighted by Crippen LogP contribution is 2.33. The lowest BCUT2D eigenvalue weighted by Gasteiger charge is -2.20. The van der Waals surface area contributed by atoms with E-state index < -0.39 is 17.5 Å². The molecule has 2 aromatic rings. The maximum atomic E-state index is 14.4.